The highest BCUT2D eigenvalue weighted by molar-refractivity contribution is 5.94. The van der Waals surface area contributed by atoms with Crippen LogP contribution in [0.25, 0.3) is 0 Å². The number of amides is 3. The summed E-state index contributed by atoms with van der Waals surface area (Å²) in [7, 11) is 0. The molecule has 184 valence electrons. The predicted molar refractivity (Wildman–Crippen MR) is 111 cm³/mol. The van der Waals surface area contributed by atoms with Crippen molar-refractivity contribution in [1.82, 2.24) is 16.0 Å². The number of aliphatic carboxylic acids is 2. The van der Waals surface area contributed by atoms with Gasteiger partial charge in [0.2, 0.25) is 17.7 Å². The monoisotopic (exact) mass is 462 g/mol. The number of aliphatic hydroxyl groups excluding tert-OH is 2. The molecule has 0 fully saturated rings. The number of hydrogen-bond acceptors (Lipinski definition) is 8. The predicted octanol–water partition coefficient (Wildman–Crippen LogP) is -2.47. The Morgan fingerprint density at radius 2 is 1.28 bits per heavy atom. The SMILES string of the molecule is CC(C)CC(NC(=O)C(CCC(=O)O)NC(=O)C(N)C(C)O)C(=O)NC(C(=O)O)C(C)O. The molecule has 0 saturated carbocycles. The second-order valence-electron chi connectivity index (χ2n) is 8.02. The van der Waals surface area contributed by atoms with Crippen molar-refractivity contribution >= 4 is 29.7 Å². The van der Waals surface area contributed by atoms with Gasteiger partial charge >= 0.3 is 11.9 Å². The van der Waals surface area contributed by atoms with Crippen LogP contribution in [-0.4, -0.2) is 86.5 Å². The van der Waals surface area contributed by atoms with Crippen molar-refractivity contribution in [3.63, 3.8) is 0 Å². The van der Waals surface area contributed by atoms with Crippen LogP contribution in [0, 0.1) is 5.92 Å². The zero-order valence-electron chi connectivity index (χ0n) is 18.6. The minimum atomic E-state index is -1.61. The van der Waals surface area contributed by atoms with Gasteiger partial charge in [-0.2, -0.15) is 0 Å². The summed E-state index contributed by atoms with van der Waals surface area (Å²) in [5.41, 5.74) is 5.54. The lowest BCUT2D eigenvalue weighted by Gasteiger charge is -2.26. The molecule has 13 heteroatoms. The zero-order valence-corrected chi connectivity index (χ0v) is 18.6. The standard InChI is InChI=1S/C19H34N4O9/c1-8(2)7-12(17(29)23-15(10(4)25)19(31)32)22-16(28)11(5-6-13(26)27)21-18(30)14(20)9(3)24/h8-12,14-15,24-25H,5-7,20H2,1-4H3,(H,21,30)(H,22,28)(H,23,29)(H,26,27)(H,31,32). The highest BCUT2D eigenvalue weighted by Gasteiger charge is 2.32. The first-order valence-electron chi connectivity index (χ1n) is 10.1. The summed E-state index contributed by atoms with van der Waals surface area (Å²) in [6.45, 7) is 5.95. The lowest BCUT2D eigenvalue weighted by molar-refractivity contribution is -0.145. The number of nitrogens with two attached hydrogens (primary N) is 1. The number of rotatable bonds is 14. The molecule has 9 N–H and O–H groups in total. The van der Waals surface area contributed by atoms with Gasteiger partial charge in [0.1, 0.15) is 18.1 Å². The molecule has 0 aliphatic rings. The molecule has 0 rings (SSSR count). The summed E-state index contributed by atoms with van der Waals surface area (Å²) < 4.78 is 0. The Morgan fingerprint density at radius 1 is 0.781 bits per heavy atom. The summed E-state index contributed by atoms with van der Waals surface area (Å²) in [5.74, 6) is -5.46. The summed E-state index contributed by atoms with van der Waals surface area (Å²) in [4.78, 5) is 59.7. The molecule has 0 aliphatic carbocycles. The molecule has 6 atom stereocenters. The molecule has 0 spiro atoms. The Bertz CT molecular complexity index is 682. The second kappa shape index (κ2) is 13.6. The van der Waals surface area contributed by atoms with Crippen LogP contribution in [0.1, 0.15) is 47.0 Å². The van der Waals surface area contributed by atoms with E-state index in [0.29, 0.717) is 0 Å². The normalized spacial score (nSPS) is 16.8. The number of carbonyl (C=O) groups is 5. The average Bonchev–Trinajstić information content (AvgIpc) is 2.66. The molecule has 3 amide bonds. The first kappa shape index (κ1) is 29.2. The second-order valence-corrected chi connectivity index (χ2v) is 8.02. The molecule has 0 heterocycles. The van der Waals surface area contributed by atoms with Crippen molar-refractivity contribution in [3.8, 4) is 0 Å². The summed E-state index contributed by atoms with van der Waals surface area (Å²) >= 11 is 0. The van der Waals surface area contributed by atoms with Crippen LogP contribution in [0.5, 0.6) is 0 Å². The molecule has 0 aromatic carbocycles. The molecule has 0 radical (unpaired) electrons. The van der Waals surface area contributed by atoms with E-state index in [-0.39, 0.29) is 18.8 Å². The van der Waals surface area contributed by atoms with Crippen LogP contribution in [-0.2, 0) is 24.0 Å². The van der Waals surface area contributed by atoms with E-state index in [2.05, 4.69) is 16.0 Å². The molecule has 0 aromatic heterocycles. The van der Waals surface area contributed by atoms with E-state index in [1.54, 1.807) is 13.8 Å². The first-order chi connectivity index (χ1) is 14.7. The van der Waals surface area contributed by atoms with Crippen molar-refractivity contribution in [2.24, 2.45) is 11.7 Å². The van der Waals surface area contributed by atoms with Gasteiger partial charge < -0.3 is 42.1 Å². The topological polar surface area (TPSA) is 228 Å². The first-order valence-corrected chi connectivity index (χ1v) is 10.1. The van der Waals surface area contributed by atoms with Crippen LogP contribution in [0.3, 0.4) is 0 Å². The fourth-order valence-corrected chi connectivity index (χ4v) is 2.64. The number of carbonyl (C=O) groups excluding carboxylic acids is 3. The van der Waals surface area contributed by atoms with Crippen molar-refractivity contribution in [1.29, 1.82) is 0 Å². The quantitative estimate of drug-likeness (QED) is 0.135. The van der Waals surface area contributed by atoms with E-state index in [0.717, 1.165) is 0 Å². The van der Waals surface area contributed by atoms with Gasteiger partial charge in [-0.15, -0.1) is 0 Å². The molecule has 32 heavy (non-hydrogen) atoms. The number of carboxylic acids is 2. The van der Waals surface area contributed by atoms with Gasteiger partial charge in [0.15, 0.2) is 6.04 Å². The molecule has 13 nitrogen and oxygen atoms in total. The van der Waals surface area contributed by atoms with Gasteiger partial charge in [-0.3, -0.25) is 19.2 Å². The lowest BCUT2D eigenvalue weighted by atomic mass is 10.0. The van der Waals surface area contributed by atoms with E-state index < -0.39 is 72.5 Å². The third-order valence-corrected chi connectivity index (χ3v) is 4.49. The number of hydrogen-bond donors (Lipinski definition) is 8. The van der Waals surface area contributed by atoms with Crippen molar-refractivity contribution in [2.75, 3.05) is 0 Å². The highest BCUT2D eigenvalue weighted by atomic mass is 16.4. The zero-order chi connectivity index (χ0) is 25.2. The Hall–Kier alpha value is -2.77. The fourth-order valence-electron chi connectivity index (χ4n) is 2.64. The number of aliphatic hydroxyl groups is 2. The summed E-state index contributed by atoms with van der Waals surface area (Å²) in [5, 5.41) is 43.9. The van der Waals surface area contributed by atoms with Gasteiger partial charge in [0.05, 0.1) is 12.2 Å². The van der Waals surface area contributed by atoms with E-state index in [1.165, 1.54) is 13.8 Å². The molecule has 0 bridgehead atoms. The Morgan fingerprint density at radius 3 is 1.69 bits per heavy atom. The third-order valence-electron chi connectivity index (χ3n) is 4.49. The number of carboxylic acid groups (broad SMARTS) is 2. The van der Waals surface area contributed by atoms with Gasteiger partial charge in [0.25, 0.3) is 0 Å². The Balaban J connectivity index is 5.57. The molecular weight excluding hydrogens is 428 g/mol. The maximum absolute atomic E-state index is 12.8. The van der Waals surface area contributed by atoms with Crippen molar-refractivity contribution in [3.05, 3.63) is 0 Å². The third kappa shape index (κ3) is 10.5. The maximum atomic E-state index is 12.8. The minimum absolute atomic E-state index is 0.0938. The number of nitrogens with one attached hydrogen (secondary N) is 3. The Labute approximate surface area is 185 Å². The Kier molecular flexibility index (Phi) is 12.4. The van der Waals surface area contributed by atoms with Crippen molar-refractivity contribution < 1.29 is 44.4 Å². The van der Waals surface area contributed by atoms with Gasteiger partial charge in [-0.1, -0.05) is 13.8 Å². The molecular formula is C19H34N4O9. The lowest BCUT2D eigenvalue weighted by Crippen LogP contribution is -2.59. The van der Waals surface area contributed by atoms with Crippen molar-refractivity contribution in [2.45, 2.75) is 83.3 Å². The van der Waals surface area contributed by atoms with E-state index in [1.807, 2.05) is 0 Å². The van der Waals surface area contributed by atoms with Gasteiger partial charge in [0, 0.05) is 6.42 Å². The van der Waals surface area contributed by atoms with Crippen LogP contribution >= 0.6 is 0 Å². The van der Waals surface area contributed by atoms with E-state index in [9.17, 15) is 34.2 Å². The largest absolute Gasteiger partial charge is 0.481 e. The van der Waals surface area contributed by atoms with Crippen LogP contribution in [0.4, 0.5) is 0 Å². The fraction of sp³-hybridized carbons (Fsp3) is 0.737. The van der Waals surface area contributed by atoms with Crippen LogP contribution < -0.4 is 21.7 Å². The van der Waals surface area contributed by atoms with Crippen LogP contribution in [0.2, 0.25) is 0 Å². The van der Waals surface area contributed by atoms with Gasteiger partial charge in [-0.25, -0.2) is 4.79 Å². The summed E-state index contributed by atoms with van der Waals surface area (Å²) in [6, 6.07) is -5.58. The molecule has 6 unspecified atom stereocenters. The molecule has 0 saturated heterocycles. The minimum Gasteiger partial charge on any atom is -0.481 e. The average molecular weight is 463 g/mol. The van der Waals surface area contributed by atoms with Crippen LogP contribution in [0.15, 0.2) is 0 Å². The maximum Gasteiger partial charge on any atom is 0.328 e. The highest BCUT2D eigenvalue weighted by Crippen LogP contribution is 2.08. The summed E-state index contributed by atoms with van der Waals surface area (Å²) in [6.07, 6.45) is -3.34. The van der Waals surface area contributed by atoms with E-state index >= 15 is 0 Å². The smallest absolute Gasteiger partial charge is 0.328 e. The molecule has 0 aromatic rings. The van der Waals surface area contributed by atoms with Gasteiger partial charge in [-0.05, 0) is 32.6 Å². The molecule has 0 aliphatic heterocycles. The van der Waals surface area contributed by atoms with E-state index in [4.69, 9.17) is 15.9 Å².